The van der Waals surface area contributed by atoms with Crippen molar-refractivity contribution >= 4 is 17.3 Å². The lowest BCUT2D eigenvalue weighted by Gasteiger charge is -1.97. The van der Waals surface area contributed by atoms with E-state index in [9.17, 15) is 30.3 Å². The van der Waals surface area contributed by atoms with Crippen LogP contribution in [-0.2, 0) is 0 Å². The summed E-state index contributed by atoms with van der Waals surface area (Å²) in [5, 5.41) is 35.5. The third kappa shape index (κ3) is 1.88. The molecule has 0 atom stereocenters. The molecule has 86 valence electrons. The van der Waals surface area contributed by atoms with Gasteiger partial charge in [-0.3, -0.25) is 35.4 Å². The van der Waals surface area contributed by atoms with E-state index in [-0.39, 0.29) is 0 Å². The van der Waals surface area contributed by atoms with Gasteiger partial charge in [0.05, 0.1) is 4.92 Å². The summed E-state index contributed by atoms with van der Waals surface area (Å²) in [6, 6.07) is 0. The van der Waals surface area contributed by atoms with Crippen molar-refractivity contribution in [2.24, 2.45) is 0 Å². The predicted molar refractivity (Wildman–Crippen MR) is 47.0 cm³/mol. The van der Waals surface area contributed by atoms with Gasteiger partial charge in [0, 0.05) is 0 Å². The van der Waals surface area contributed by atoms with Crippen LogP contribution in [0.3, 0.4) is 0 Å². The molecule has 1 rings (SSSR count). The molecule has 1 heterocycles. The second-order valence-electron chi connectivity index (χ2n) is 2.48. The molecule has 1 N–H and O–H groups in total. The van der Waals surface area contributed by atoms with E-state index >= 15 is 0 Å². The Morgan fingerprint density at radius 3 is 2.06 bits per heavy atom. The van der Waals surface area contributed by atoms with Crippen LogP contribution in [0.1, 0.15) is 11.9 Å². The largest absolute Gasteiger partial charge is 0.499 e. The van der Waals surface area contributed by atoms with Crippen molar-refractivity contribution in [2.75, 3.05) is 0 Å². The maximum Gasteiger partial charge on any atom is 0.499 e. The molecule has 0 fully saturated rings. The van der Waals surface area contributed by atoms with Gasteiger partial charge in [-0.25, -0.2) is 0 Å². The number of hydrogen-bond donors (Lipinski definition) is 1. The molecule has 0 aromatic carbocycles. The maximum absolute atomic E-state index is 10.5. The van der Waals surface area contributed by atoms with Crippen molar-refractivity contribution in [1.29, 1.82) is 0 Å². The van der Waals surface area contributed by atoms with Crippen molar-refractivity contribution in [3.63, 3.8) is 0 Å². The number of nitrogens with one attached hydrogen (secondary N) is 1. The van der Waals surface area contributed by atoms with E-state index in [4.69, 9.17) is 11.6 Å². The van der Waals surface area contributed by atoms with Gasteiger partial charge in [-0.2, -0.15) is 5.10 Å². The zero-order chi connectivity index (χ0) is 12.5. The lowest BCUT2D eigenvalue weighted by Crippen LogP contribution is -2.21. The third-order valence-electron chi connectivity index (χ3n) is 1.57. The van der Waals surface area contributed by atoms with Gasteiger partial charge in [-0.15, -0.1) is 0 Å². The van der Waals surface area contributed by atoms with Crippen LogP contribution in [0.2, 0.25) is 5.15 Å². The number of nitrogens with zero attached hydrogens (tertiary/aromatic N) is 4. The highest BCUT2D eigenvalue weighted by atomic mass is 35.5. The molecule has 0 amide bonds. The molecule has 11 nitrogen and oxygen atoms in total. The maximum atomic E-state index is 10.5. The van der Waals surface area contributed by atoms with E-state index in [2.05, 4.69) is 5.10 Å². The van der Waals surface area contributed by atoms with Crippen LogP contribution >= 0.6 is 11.6 Å². The summed E-state index contributed by atoms with van der Waals surface area (Å²) in [7, 11) is 0. The van der Waals surface area contributed by atoms with Gasteiger partial charge in [-0.05, 0) is 0 Å². The average molecular weight is 252 g/mol. The normalized spacial score (nSPS) is 10.4. The van der Waals surface area contributed by atoms with E-state index in [1.165, 1.54) is 0 Å². The molecule has 0 saturated heterocycles. The van der Waals surface area contributed by atoms with Crippen molar-refractivity contribution in [2.45, 2.75) is 6.17 Å². The molecule has 1 aromatic rings. The van der Waals surface area contributed by atoms with Crippen molar-refractivity contribution in [3.05, 3.63) is 41.2 Å². The number of aromatic nitrogens is 2. The molecule has 0 spiro atoms. The number of halogens is 1. The first-order chi connectivity index (χ1) is 7.36. The second-order valence-corrected chi connectivity index (χ2v) is 2.84. The fourth-order valence-electron chi connectivity index (χ4n) is 0.968. The first kappa shape index (κ1) is 11.8. The fraction of sp³-hybridized carbons (Fsp3) is 0.250. The zero-order valence-corrected chi connectivity index (χ0v) is 7.95. The number of hydrogen-bond acceptors (Lipinski definition) is 7. The Kier molecular flexibility index (Phi) is 2.99. The van der Waals surface area contributed by atoms with Gasteiger partial charge in [0.15, 0.2) is 0 Å². The van der Waals surface area contributed by atoms with E-state index in [0.717, 1.165) is 0 Å². The topological polar surface area (TPSA) is 158 Å². The van der Waals surface area contributed by atoms with Crippen molar-refractivity contribution in [1.82, 2.24) is 10.2 Å². The van der Waals surface area contributed by atoms with E-state index in [0.29, 0.717) is 0 Å². The Labute approximate surface area is 90.5 Å². The summed E-state index contributed by atoms with van der Waals surface area (Å²) in [5.41, 5.74) is -1.84. The SMILES string of the molecule is O=[N+]([O-])c1c(Cl)n[nH]c1C([N+](=O)[O-])[N+](=O)[O-]. The summed E-state index contributed by atoms with van der Waals surface area (Å²) in [4.78, 5) is 27.5. The smallest absolute Gasteiger partial charge is 0.262 e. The summed E-state index contributed by atoms with van der Waals surface area (Å²) in [5.74, 6) is 0. The fourth-order valence-corrected chi connectivity index (χ4v) is 1.18. The number of aromatic amines is 1. The monoisotopic (exact) mass is 251 g/mol. The minimum Gasteiger partial charge on any atom is -0.262 e. The van der Waals surface area contributed by atoms with Crippen LogP contribution in [0, 0.1) is 30.3 Å². The molecule has 0 aliphatic rings. The van der Waals surface area contributed by atoms with E-state index in [1.807, 2.05) is 5.10 Å². The lowest BCUT2D eigenvalue weighted by atomic mass is 10.3. The van der Waals surface area contributed by atoms with Gasteiger partial charge in [-0.1, -0.05) is 11.6 Å². The van der Waals surface area contributed by atoms with Gasteiger partial charge in [0.25, 0.3) is 5.69 Å². The summed E-state index contributed by atoms with van der Waals surface area (Å²) in [6.07, 6.45) is -2.50. The number of rotatable bonds is 4. The van der Waals surface area contributed by atoms with Gasteiger partial charge < -0.3 is 0 Å². The summed E-state index contributed by atoms with van der Waals surface area (Å²) in [6.45, 7) is 0. The molecular formula is C4H2ClN5O6. The predicted octanol–water partition coefficient (Wildman–Crippen LogP) is 0.523. The Morgan fingerprint density at radius 2 is 1.69 bits per heavy atom. The average Bonchev–Trinajstić information content (AvgIpc) is 2.46. The highest BCUT2D eigenvalue weighted by molar-refractivity contribution is 6.31. The zero-order valence-electron chi connectivity index (χ0n) is 7.19. The molecule has 0 saturated carbocycles. The number of nitro groups is 3. The van der Waals surface area contributed by atoms with Crippen molar-refractivity contribution < 1.29 is 14.8 Å². The summed E-state index contributed by atoms with van der Waals surface area (Å²) < 4.78 is 0. The highest BCUT2D eigenvalue weighted by Gasteiger charge is 2.45. The molecule has 1 aromatic heterocycles. The van der Waals surface area contributed by atoms with Gasteiger partial charge in [0.1, 0.15) is 9.85 Å². The Bertz CT molecular complexity index is 455. The van der Waals surface area contributed by atoms with Gasteiger partial charge in [0.2, 0.25) is 5.15 Å². The molecule has 0 radical (unpaired) electrons. The summed E-state index contributed by atoms with van der Waals surface area (Å²) >= 11 is 5.26. The van der Waals surface area contributed by atoms with Gasteiger partial charge >= 0.3 is 11.9 Å². The van der Waals surface area contributed by atoms with Crippen LogP contribution in [0.4, 0.5) is 5.69 Å². The molecule has 0 aliphatic carbocycles. The first-order valence-corrected chi connectivity index (χ1v) is 3.89. The standard InChI is InChI=1S/C4H2ClN5O6/c5-3-2(8(11)12)1(6-7-3)4(9(13)14)10(15)16/h4H,(H,6,7). The third-order valence-corrected chi connectivity index (χ3v) is 1.83. The van der Waals surface area contributed by atoms with Crippen LogP contribution in [0.25, 0.3) is 0 Å². The minimum atomic E-state index is -2.50. The molecule has 0 unspecified atom stereocenters. The minimum absolute atomic E-state index is 0.672. The van der Waals surface area contributed by atoms with Crippen LogP contribution in [0.5, 0.6) is 0 Å². The lowest BCUT2D eigenvalue weighted by molar-refractivity contribution is -0.753. The number of H-pyrrole nitrogens is 1. The van der Waals surface area contributed by atoms with Crippen LogP contribution in [-0.4, -0.2) is 25.0 Å². The Morgan fingerprint density at radius 1 is 1.19 bits per heavy atom. The van der Waals surface area contributed by atoms with E-state index < -0.39 is 37.5 Å². The molecule has 16 heavy (non-hydrogen) atoms. The molecule has 0 aliphatic heterocycles. The van der Waals surface area contributed by atoms with Crippen LogP contribution in [0.15, 0.2) is 0 Å². The molecular weight excluding hydrogens is 250 g/mol. The Hall–Kier alpha value is -2.30. The van der Waals surface area contributed by atoms with E-state index in [1.54, 1.807) is 0 Å². The first-order valence-electron chi connectivity index (χ1n) is 3.51. The quantitative estimate of drug-likeness (QED) is 0.464. The highest BCUT2D eigenvalue weighted by Crippen LogP contribution is 2.31. The van der Waals surface area contributed by atoms with Crippen LogP contribution < -0.4 is 0 Å². The van der Waals surface area contributed by atoms with Crippen molar-refractivity contribution in [3.8, 4) is 0 Å². The molecule has 0 bridgehead atoms. The Balaban J connectivity index is 3.36. The molecule has 12 heteroatoms. The second kappa shape index (κ2) is 4.06.